The number of ether oxygens (including phenoxy) is 3. The lowest BCUT2D eigenvalue weighted by molar-refractivity contribution is 0.0956. The number of para-hydroxylation sites is 1. The van der Waals surface area contributed by atoms with E-state index in [4.69, 9.17) is 19.2 Å². The van der Waals surface area contributed by atoms with Gasteiger partial charge in [0, 0.05) is 10.9 Å². The first-order valence-corrected chi connectivity index (χ1v) is 13.0. The van der Waals surface area contributed by atoms with Crippen LogP contribution >= 0.6 is 15.9 Å². The Morgan fingerprint density at radius 2 is 1.77 bits per heavy atom. The van der Waals surface area contributed by atoms with Gasteiger partial charge in [0.25, 0.3) is 5.91 Å². The molecule has 0 radical (unpaired) electrons. The van der Waals surface area contributed by atoms with Crippen molar-refractivity contribution in [3.63, 3.8) is 0 Å². The van der Waals surface area contributed by atoms with E-state index in [1.807, 2.05) is 91.0 Å². The third-order valence-electron chi connectivity index (χ3n) is 6.20. The fourth-order valence-electron chi connectivity index (χ4n) is 4.25. The van der Waals surface area contributed by atoms with E-state index in [0.29, 0.717) is 17.9 Å². The second kappa shape index (κ2) is 11.0. The number of amides is 1. The van der Waals surface area contributed by atoms with Crippen LogP contribution in [0.2, 0.25) is 0 Å². The first kappa shape index (κ1) is 24.6. The van der Waals surface area contributed by atoms with E-state index in [0.717, 1.165) is 49.3 Å². The van der Waals surface area contributed by atoms with Gasteiger partial charge in [-0.25, -0.2) is 10.4 Å². The van der Waals surface area contributed by atoms with E-state index in [2.05, 4.69) is 26.5 Å². The number of benzene rings is 4. The van der Waals surface area contributed by atoms with E-state index in [-0.39, 0.29) is 12.7 Å². The minimum atomic E-state index is -0.315. The fraction of sp³-hybridized carbons (Fsp3) is 0.0645. The highest BCUT2D eigenvalue weighted by atomic mass is 79.9. The van der Waals surface area contributed by atoms with Crippen LogP contribution in [0.4, 0.5) is 0 Å². The molecule has 0 spiro atoms. The molecule has 192 valence electrons. The Morgan fingerprint density at radius 1 is 0.949 bits per heavy atom. The summed E-state index contributed by atoms with van der Waals surface area (Å²) >= 11 is 3.56. The molecule has 0 bridgehead atoms. The number of carbonyl (C=O) groups excluding carboxylic acids is 1. The van der Waals surface area contributed by atoms with Crippen molar-refractivity contribution in [1.29, 1.82) is 0 Å². The fourth-order valence-corrected chi connectivity index (χ4v) is 4.76. The van der Waals surface area contributed by atoms with Crippen LogP contribution in [0.25, 0.3) is 22.2 Å². The van der Waals surface area contributed by atoms with Crippen LogP contribution in [0.3, 0.4) is 0 Å². The van der Waals surface area contributed by atoms with Crippen molar-refractivity contribution in [2.75, 3.05) is 6.79 Å². The zero-order valence-electron chi connectivity index (χ0n) is 20.6. The van der Waals surface area contributed by atoms with Crippen LogP contribution in [0.15, 0.2) is 107 Å². The molecular weight excluding hydrogens is 558 g/mol. The van der Waals surface area contributed by atoms with Crippen LogP contribution < -0.4 is 19.6 Å². The van der Waals surface area contributed by atoms with Gasteiger partial charge in [0.05, 0.1) is 27.5 Å². The minimum absolute atomic E-state index is 0.239. The summed E-state index contributed by atoms with van der Waals surface area (Å²) in [5.74, 6) is 1.83. The Bertz CT molecular complexity index is 1710. The molecule has 4 aromatic carbocycles. The highest BCUT2D eigenvalue weighted by Crippen LogP contribution is 2.33. The highest BCUT2D eigenvalue weighted by Gasteiger charge is 2.15. The van der Waals surface area contributed by atoms with Crippen LogP contribution in [-0.4, -0.2) is 23.9 Å². The van der Waals surface area contributed by atoms with Gasteiger partial charge in [0.2, 0.25) is 6.79 Å². The van der Waals surface area contributed by atoms with E-state index in [1.165, 1.54) is 0 Å². The third kappa shape index (κ3) is 5.46. The molecule has 1 aromatic heterocycles. The molecule has 0 fully saturated rings. The summed E-state index contributed by atoms with van der Waals surface area (Å²) in [5.41, 5.74) is 7.33. The topological polar surface area (TPSA) is 82.0 Å². The molecule has 0 atom stereocenters. The Labute approximate surface area is 233 Å². The quantitative estimate of drug-likeness (QED) is 0.171. The molecule has 0 saturated heterocycles. The molecule has 1 aliphatic heterocycles. The van der Waals surface area contributed by atoms with E-state index >= 15 is 0 Å². The summed E-state index contributed by atoms with van der Waals surface area (Å²) in [6.45, 7) is 0.617. The van der Waals surface area contributed by atoms with Crippen molar-refractivity contribution >= 4 is 39.0 Å². The molecule has 2 heterocycles. The number of halogens is 1. The van der Waals surface area contributed by atoms with Gasteiger partial charge < -0.3 is 14.2 Å². The van der Waals surface area contributed by atoms with Crippen molar-refractivity contribution in [3.05, 3.63) is 118 Å². The van der Waals surface area contributed by atoms with Crippen LogP contribution in [-0.2, 0) is 6.61 Å². The maximum atomic E-state index is 13.1. The van der Waals surface area contributed by atoms with Gasteiger partial charge in [0.1, 0.15) is 12.4 Å². The molecule has 6 rings (SSSR count). The molecule has 1 N–H and O–H groups in total. The van der Waals surface area contributed by atoms with Crippen LogP contribution in [0.1, 0.15) is 21.5 Å². The van der Waals surface area contributed by atoms with Gasteiger partial charge >= 0.3 is 0 Å². The number of pyridine rings is 1. The maximum Gasteiger partial charge on any atom is 0.272 e. The van der Waals surface area contributed by atoms with Crippen molar-refractivity contribution in [1.82, 2.24) is 10.4 Å². The Balaban J connectivity index is 1.14. The largest absolute Gasteiger partial charge is 0.488 e. The molecular formula is C31H22BrN3O4. The summed E-state index contributed by atoms with van der Waals surface area (Å²) in [6.07, 6.45) is 1.59. The van der Waals surface area contributed by atoms with Crippen LogP contribution in [0.5, 0.6) is 17.2 Å². The zero-order chi connectivity index (χ0) is 26.6. The highest BCUT2D eigenvalue weighted by molar-refractivity contribution is 9.10. The number of nitrogens with one attached hydrogen (secondary N) is 1. The molecule has 7 nitrogen and oxygen atoms in total. The van der Waals surface area contributed by atoms with Crippen LogP contribution in [0, 0.1) is 0 Å². The lowest BCUT2D eigenvalue weighted by Gasteiger charge is -2.10. The zero-order valence-corrected chi connectivity index (χ0v) is 22.2. The summed E-state index contributed by atoms with van der Waals surface area (Å²) in [5, 5.41) is 4.95. The first-order valence-electron chi connectivity index (χ1n) is 12.2. The Hall–Kier alpha value is -4.69. The molecule has 1 amide bonds. The summed E-state index contributed by atoms with van der Waals surface area (Å²) in [4.78, 5) is 17.9. The first-order chi connectivity index (χ1) is 19.1. The molecule has 0 saturated carbocycles. The average Bonchev–Trinajstić information content (AvgIpc) is 3.44. The molecule has 1 aliphatic rings. The summed E-state index contributed by atoms with van der Waals surface area (Å²) in [7, 11) is 0. The van der Waals surface area contributed by atoms with E-state index in [9.17, 15) is 4.79 Å². The monoisotopic (exact) mass is 579 g/mol. The van der Waals surface area contributed by atoms with Crippen molar-refractivity contribution < 1.29 is 19.0 Å². The van der Waals surface area contributed by atoms with Gasteiger partial charge in [0.15, 0.2) is 11.5 Å². The number of nitrogens with zero attached hydrogens (tertiary/aromatic N) is 2. The Morgan fingerprint density at radius 3 is 2.64 bits per heavy atom. The second-order valence-electron chi connectivity index (χ2n) is 8.80. The minimum Gasteiger partial charge on any atom is -0.488 e. The van der Waals surface area contributed by atoms with Crippen molar-refractivity contribution in [3.8, 4) is 28.5 Å². The van der Waals surface area contributed by atoms with Gasteiger partial charge in [-0.15, -0.1) is 0 Å². The molecule has 5 aromatic rings. The van der Waals surface area contributed by atoms with E-state index in [1.54, 1.807) is 12.3 Å². The van der Waals surface area contributed by atoms with Crippen molar-refractivity contribution in [2.24, 2.45) is 5.10 Å². The number of rotatable bonds is 7. The number of carbonyl (C=O) groups is 1. The normalized spacial score (nSPS) is 12.1. The number of hydrogen-bond donors (Lipinski definition) is 1. The molecule has 0 unspecified atom stereocenters. The van der Waals surface area contributed by atoms with Crippen molar-refractivity contribution in [2.45, 2.75) is 6.61 Å². The SMILES string of the molecule is O=C(N/N=C/c1ccc(OCc2ccc3c(c2)OCO3)c(Br)c1)c1cc(-c2ccccc2)nc2ccccc12. The lowest BCUT2D eigenvalue weighted by Crippen LogP contribution is -2.18. The van der Waals surface area contributed by atoms with E-state index < -0.39 is 0 Å². The average molecular weight is 580 g/mol. The van der Waals surface area contributed by atoms with Gasteiger partial charge in [-0.1, -0.05) is 54.6 Å². The summed E-state index contributed by atoms with van der Waals surface area (Å²) in [6, 6.07) is 30.5. The number of hydrazone groups is 1. The smallest absolute Gasteiger partial charge is 0.272 e. The third-order valence-corrected chi connectivity index (χ3v) is 6.82. The van der Waals surface area contributed by atoms with Gasteiger partial charge in [-0.05, 0) is 69.5 Å². The number of hydrogen-bond acceptors (Lipinski definition) is 6. The predicted molar refractivity (Wildman–Crippen MR) is 153 cm³/mol. The van der Waals surface area contributed by atoms with Gasteiger partial charge in [-0.2, -0.15) is 5.10 Å². The summed E-state index contributed by atoms with van der Waals surface area (Å²) < 4.78 is 17.5. The molecule has 39 heavy (non-hydrogen) atoms. The number of fused-ring (bicyclic) bond motifs is 2. The molecule has 0 aliphatic carbocycles. The molecule has 8 heteroatoms. The standard InChI is InChI=1S/C31H22BrN3O4/c32-25-14-20(10-12-28(25)37-18-21-11-13-29-30(15-21)39-19-38-29)17-33-35-31(36)24-16-27(22-6-2-1-3-7-22)34-26-9-5-4-8-23(24)26/h1-17H,18-19H2,(H,35,36)/b33-17+. The van der Waals surface area contributed by atoms with Gasteiger partial charge in [-0.3, -0.25) is 4.79 Å². The predicted octanol–water partition coefficient (Wildman–Crippen LogP) is 6.74. The maximum absolute atomic E-state index is 13.1. The second-order valence-corrected chi connectivity index (χ2v) is 9.66. The number of aromatic nitrogens is 1. The Kier molecular flexibility index (Phi) is 6.93. The lowest BCUT2D eigenvalue weighted by atomic mass is 10.0.